The van der Waals surface area contributed by atoms with E-state index in [0.29, 0.717) is 36.0 Å². The van der Waals surface area contributed by atoms with Gasteiger partial charge in [-0.15, -0.1) is 0 Å². The number of amides is 1. The molecule has 1 amide bonds. The van der Waals surface area contributed by atoms with E-state index in [1.807, 2.05) is 25.1 Å². The summed E-state index contributed by atoms with van der Waals surface area (Å²) >= 11 is 6.10. The van der Waals surface area contributed by atoms with Crippen LogP contribution in [-0.2, 0) is 21.4 Å². The van der Waals surface area contributed by atoms with Crippen LogP contribution in [0.25, 0.3) is 6.08 Å². The van der Waals surface area contributed by atoms with E-state index >= 15 is 0 Å². The highest BCUT2D eigenvalue weighted by Gasteiger charge is 2.33. The second kappa shape index (κ2) is 8.69. The van der Waals surface area contributed by atoms with Gasteiger partial charge < -0.3 is 4.90 Å². The number of aromatic nitrogens is 2. The Morgan fingerprint density at radius 2 is 1.83 bits per heavy atom. The minimum atomic E-state index is -3.65. The number of carbonyl (C=O) groups is 1. The average molecular weight is 437 g/mol. The summed E-state index contributed by atoms with van der Waals surface area (Å²) in [7, 11) is -3.65. The molecule has 3 rings (SSSR count). The van der Waals surface area contributed by atoms with Crippen molar-refractivity contribution in [3.05, 3.63) is 52.3 Å². The smallest absolute Gasteiger partial charge is 0.246 e. The lowest BCUT2D eigenvalue weighted by atomic mass is 10.2. The number of halogens is 1. The Kier molecular flexibility index (Phi) is 6.45. The summed E-state index contributed by atoms with van der Waals surface area (Å²) in [6.45, 7) is 7.21. The topological polar surface area (TPSA) is 75.5 Å². The maximum Gasteiger partial charge on any atom is 0.246 e. The number of hydrogen-bond acceptors (Lipinski definition) is 4. The number of rotatable bonds is 5. The van der Waals surface area contributed by atoms with Crippen LogP contribution in [0.3, 0.4) is 0 Å². The lowest BCUT2D eigenvalue weighted by molar-refractivity contribution is -0.127. The van der Waals surface area contributed by atoms with Crippen molar-refractivity contribution in [1.82, 2.24) is 19.0 Å². The first-order valence-corrected chi connectivity index (χ1v) is 11.3. The largest absolute Gasteiger partial charge is 0.337 e. The number of benzene rings is 1. The molecule has 7 nitrogen and oxygen atoms in total. The van der Waals surface area contributed by atoms with Crippen molar-refractivity contribution in [2.24, 2.45) is 0 Å². The van der Waals surface area contributed by atoms with E-state index in [1.54, 1.807) is 35.6 Å². The summed E-state index contributed by atoms with van der Waals surface area (Å²) in [5.41, 5.74) is 1.92. The molecule has 0 atom stereocenters. The molecule has 1 aliphatic rings. The molecule has 0 aliphatic carbocycles. The van der Waals surface area contributed by atoms with E-state index in [4.69, 9.17) is 11.6 Å². The van der Waals surface area contributed by atoms with Gasteiger partial charge in [0.05, 0.1) is 11.4 Å². The molecule has 1 saturated heterocycles. The van der Waals surface area contributed by atoms with Crippen LogP contribution < -0.4 is 0 Å². The maximum absolute atomic E-state index is 13.1. The fourth-order valence-corrected chi connectivity index (χ4v) is 5.51. The lowest BCUT2D eigenvalue weighted by Gasteiger charge is -2.33. The van der Waals surface area contributed by atoms with Gasteiger partial charge in [-0.3, -0.25) is 9.48 Å². The van der Waals surface area contributed by atoms with Gasteiger partial charge in [0.15, 0.2) is 0 Å². The van der Waals surface area contributed by atoms with E-state index in [-0.39, 0.29) is 23.9 Å². The summed E-state index contributed by atoms with van der Waals surface area (Å²) < 4.78 is 29.4. The van der Waals surface area contributed by atoms with Crippen molar-refractivity contribution in [2.45, 2.75) is 32.2 Å². The predicted octanol–water partition coefficient (Wildman–Crippen LogP) is 2.72. The van der Waals surface area contributed by atoms with E-state index in [0.717, 1.165) is 5.56 Å². The molecule has 9 heteroatoms. The van der Waals surface area contributed by atoms with Gasteiger partial charge in [-0.05, 0) is 38.5 Å². The standard InChI is InChI=1S/C20H25ClN4O3S/c1-4-25-16(3)20(15(2)22-25)29(27,28)24-13-11-23(12-14-24)19(26)10-9-17-7-5-6-8-18(17)21/h5-10H,4,11-14H2,1-3H3/b10-9+. The number of piperazine rings is 1. The summed E-state index contributed by atoms with van der Waals surface area (Å²) in [4.78, 5) is 14.4. The van der Waals surface area contributed by atoms with Crippen molar-refractivity contribution in [3.8, 4) is 0 Å². The molecule has 1 aliphatic heterocycles. The second-order valence-electron chi connectivity index (χ2n) is 6.90. The van der Waals surface area contributed by atoms with Gasteiger partial charge in [-0.1, -0.05) is 29.8 Å². The van der Waals surface area contributed by atoms with Gasteiger partial charge in [0.2, 0.25) is 15.9 Å². The van der Waals surface area contributed by atoms with Crippen molar-refractivity contribution in [2.75, 3.05) is 26.2 Å². The van der Waals surface area contributed by atoms with Crippen LogP contribution in [0.5, 0.6) is 0 Å². The molecule has 1 aromatic heterocycles. The molecule has 1 aromatic carbocycles. The first-order valence-electron chi connectivity index (χ1n) is 9.51. The van der Waals surface area contributed by atoms with E-state index in [9.17, 15) is 13.2 Å². The highest BCUT2D eigenvalue weighted by molar-refractivity contribution is 7.89. The number of aryl methyl sites for hydroxylation is 2. The summed E-state index contributed by atoms with van der Waals surface area (Å²) in [6.07, 6.45) is 3.16. The van der Waals surface area contributed by atoms with Crippen LogP contribution >= 0.6 is 11.6 Å². The predicted molar refractivity (Wildman–Crippen MR) is 113 cm³/mol. The van der Waals surface area contributed by atoms with Crippen LogP contribution in [-0.4, -0.2) is 59.5 Å². The molecule has 2 heterocycles. The third-order valence-electron chi connectivity index (χ3n) is 5.07. The minimum Gasteiger partial charge on any atom is -0.337 e. The highest BCUT2D eigenvalue weighted by Crippen LogP contribution is 2.24. The molecule has 0 N–H and O–H groups in total. The molecule has 0 bridgehead atoms. The van der Waals surface area contributed by atoms with Crippen LogP contribution in [0, 0.1) is 13.8 Å². The molecular weight excluding hydrogens is 412 g/mol. The van der Waals surface area contributed by atoms with Crippen molar-refractivity contribution < 1.29 is 13.2 Å². The monoisotopic (exact) mass is 436 g/mol. The molecule has 29 heavy (non-hydrogen) atoms. The first-order chi connectivity index (χ1) is 13.8. The van der Waals surface area contributed by atoms with Crippen molar-refractivity contribution >= 4 is 33.6 Å². The van der Waals surface area contributed by atoms with Crippen LogP contribution in [0.2, 0.25) is 5.02 Å². The summed E-state index contributed by atoms with van der Waals surface area (Å²) in [6, 6.07) is 7.27. The molecule has 0 spiro atoms. The average Bonchev–Trinajstić information content (AvgIpc) is 3.01. The van der Waals surface area contributed by atoms with E-state index in [1.165, 1.54) is 10.4 Å². The van der Waals surface area contributed by atoms with Crippen LogP contribution in [0.1, 0.15) is 23.9 Å². The lowest BCUT2D eigenvalue weighted by Crippen LogP contribution is -2.50. The minimum absolute atomic E-state index is 0.159. The van der Waals surface area contributed by atoms with Gasteiger partial charge >= 0.3 is 0 Å². The van der Waals surface area contributed by atoms with E-state index < -0.39 is 10.0 Å². The van der Waals surface area contributed by atoms with Crippen LogP contribution in [0.4, 0.5) is 0 Å². The van der Waals surface area contributed by atoms with Gasteiger partial charge in [-0.2, -0.15) is 9.40 Å². The van der Waals surface area contributed by atoms with Crippen molar-refractivity contribution in [3.63, 3.8) is 0 Å². The fourth-order valence-electron chi connectivity index (χ4n) is 3.52. The van der Waals surface area contributed by atoms with Crippen molar-refractivity contribution in [1.29, 1.82) is 0 Å². The molecular formula is C20H25ClN4O3S. The molecule has 1 fully saturated rings. The van der Waals surface area contributed by atoms with Gasteiger partial charge in [-0.25, -0.2) is 8.42 Å². The summed E-state index contributed by atoms with van der Waals surface area (Å²) in [5.74, 6) is -0.159. The fraction of sp³-hybridized carbons (Fsp3) is 0.400. The maximum atomic E-state index is 13.1. The Bertz CT molecular complexity index is 1040. The first kappa shape index (κ1) is 21.5. The Labute approximate surface area is 176 Å². The SMILES string of the molecule is CCn1nc(C)c(S(=O)(=O)N2CCN(C(=O)/C=C/c3ccccc3Cl)CC2)c1C. The van der Waals surface area contributed by atoms with Gasteiger partial charge in [0, 0.05) is 43.8 Å². The van der Waals surface area contributed by atoms with Gasteiger partial charge in [0.1, 0.15) is 4.90 Å². The summed E-state index contributed by atoms with van der Waals surface area (Å²) in [5, 5.41) is 4.89. The van der Waals surface area contributed by atoms with Gasteiger partial charge in [0.25, 0.3) is 0 Å². The highest BCUT2D eigenvalue weighted by atomic mass is 35.5. The third-order valence-corrected chi connectivity index (χ3v) is 7.57. The number of sulfonamides is 1. The zero-order valence-electron chi connectivity index (χ0n) is 16.8. The molecule has 0 saturated carbocycles. The molecule has 2 aromatic rings. The second-order valence-corrected chi connectivity index (χ2v) is 9.18. The Morgan fingerprint density at radius 1 is 1.17 bits per heavy atom. The van der Waals surface area contributed by atoms with E-state index in [2.05, 4.69) is 5.10 Å². The molecule has 0 unspecified atom stereocenters. The Hall–Kier alpha value is -2.16. The third kappa shape index (κ3) is 4.39. The number of nitrogens with zero attached hydrogens (tertiary/aromatic N) is 4. The molecule has 0 radical (unpaired) electrons. The van der Waals surface area contributed by atoms with Crippen LogP contribution in [0.15, 0.2) is 35.2 Å². The number of carbonyl (C=O) groups excluding carboxylic acids is 1. The normalized spacial score (nSPS) is 15.9. The zero-order valence-corrected chi connectivity index (χ0v) is 18.4. The zero-order chi connectivity index (χ0) is 21.2. The Morgan fingerprint density at radius 3 is 2.41 bits per heavy atom. The Balaban J connectivity index is 1.68. The molecule has 156 valence electrons. The number of hydrogen-bond donors (Lipinski definition) is 0. The quantitative estimate of drug-likeness (QED) is 0.675.